The van der Waals surface area contributed by atoms with Crippen molar-refractivity contribution < 1.29 is 9.90 Å². The zero-order valence-corrected chi connectivity index (χ0v) is 8.68. The molecule has 12 heavy (non-hydrogen) atoms. The minimum absolute atomic E-state index is 0.190. The van der Waals surface area contributed by atoms with E-state index < -0.39 is 12.0 Å². The molecular weight excluding hydrogens is 173 g/mol. The lowest BCUT2D eigenvalue weighted by atomic mass is 9.73. The number of nitrogens with two attached hydrogens (primary N) is 1. The van der Waals surface area contributed by atoms with Gasteiger partial charge in [0.25, 0.3) is 0 Å². The predicted octanol–water partition coefficient (Wildman–Crippen LogP) is 0.627. The van der Waals surface area contributed by atoms with E-state index in [9.17, 15) is 4.79 Å². The van der Waals surface area contributed by atoms with Crippen LogP contribution in [0.4, 0.5) is 0 Å². The Balaban J connectivity index is 0. The Hall–Kier alpha value is -0.155. The molecule has 72 valence electrons. The van der Waals surface area contributed by atoms with E-state index in [2.05, 4.69) is 26.5 Å². The molecule has 3 nitrogen and oxygen atoms in total. The number of hydrogen-bond acceptors (Lipinski definition) is 3. The van der Waals surface area contributed by atoms with Gasteiger partial charge in [-0.3, -0.25) is 4.79 Å². The van der Waals surface area contributed by atoms with E-state index in [1.807, 2.05) is 0 Å². The van der Waals surface area contributed by atoms with Crippen LogP contribution in [-0.2, 0) is 4.79 Å². The molecule has 0 saturated heterocycles. The van der Waals surface area contributed by atoms with E-state index >= 15 is 0 Å². The first kappa shape index (κ1) is 14.4. The summed E-state index contributed by atoms with van der Waals surface area (Å²) in [5.41, 5.74) is 4.94. The van der Waals surface area contributed by atoms with Gasteiger partial charge in [-0.1, -0.05) is 26.5 Å². The van der Waals surface area contributed by atoms with Crippen LogP contribution in [0, 0.1) is 0 Å². The van der Waals surface area contributed by atoms with Gasteiger partial charge in [0.05, 0.1) is 0 Å². The molecule has 3 N–H and O–H groups in total. The Labute approximate surface area is 80.4 Å². The fraction of sp³-hybridized carbons (Fsp3) is 0.857. The van der Waals surface area contributed by atoms with E-state index in [4.69, 9.17) is 10.8 Å². The Kier molecular flexibility index (Phi) is 13.0. The maximum Gasteiger partial charge on any atom is 0.321 e. The molecule has 0 aliphatic carbocycles. The molecule has 0 heterocycles. The normalized spacial score (nSPS) is 11.0. The van der Waals surface area contributed by atoms with Crippen molar-refractivity contribution in [3.63, 3.8) is 0 Å². The second kappa shape index (κ2) is 10.8. The van der Waals surface area contributed by atoms with Gasteiger partial charge in [0, 0.05) is 5.75 Å². The summed E-state index contributed by atoms with van der Waals surface area (Å²) in [6.45, 7) is 4.42. The highest BCUT2D eigenvalue weighted by molar-refractivity contribution is 7.80. The van der Waals surface area contributed by atoms with Crippen LogP contribution in [0.3, 0.4) is 0 Å². The van der Waals surface area contributed by atoms with Crippen LogP contribution in [0.1, 0.15) is 13.8 Å². The smallest absolute Gasteiger partial charge is 0.321 e. The Morgan fingerprint density at radius 1 is 1.58 bits per heavy atom. The molecule has 0 aromatic heterocycles. The summed E-state index contributed by atoms with van der Waals surface area (Å²) in [6, 6.07) is -0.816. The second-order valence-electron chi connectivity index (χ2n) is 2.48. The highest BCUT2D eigenvalue weighted by atomic mass is 32.1. The van der Waals surface area contributed by atoms with Crippen LogP contribution in [0.2, 0.25) is 12.6 Å². The largest absolute Gasteiger partial charge is 0.480 e. The lowest BCUT2D eigenvalue weighted by molar-refractivity contribution is -0.137. The standard InChI is InChI=1S/C4H11B.C3H7NO2S/c1-3-5-4-2;4-2(1-7)3(5)6/h5H,3-4H2,1-2H3;2,7H,1,4H2,(H,5,6)/t;2-/m.0/s1. The quantitative estimate of drug-likeness (QED) is 0.451. The summed E-state index contributed by atoms with van der Waals surface area (Å²) < 4.78 is 0. The van der Waals surface area contributed by atoms with E-state index in [0.29, 0.717) is 0 Å². The van der Waals surface area contributed by atoms with Crippen LogP contribution >= 0.6 is 12.6 Å². The lowest BCUT2D eigenvalue weighted by Crippen LogP contribution is -2.31. The van der Waals surface area contributed by atoms with Crippen LogP contribution in [0.5, 0.6) is 0 Å². The molecule has 0 spiro atoms. The van der Waals surface area contributed by atoms with Crippen molar-refractivity contribution in [2.75, 3.05) is 5.75 Å². The minimum Gasteiger partial charge on any atom is -0.480 e. The van der Waals surface area contributed by atoms with Gasteiger partial charge in [-0.2, -0.15) is 12.6 Å². The predicted molar refractivity (Wildman–Crippen MR) is 57.6 cm³/mol. The SMILES string of the molecule is CCBCC.N[C@@H](CS)C(=O)O. The molecule has 0 amide bonds. The van der Waals surface area contributed by atoms with Crippen molar-refractivity contribution in [3.05, 3.63) is 0 Å². The molecule has 0 fully saturated rings. The first-order valence-corrected chi connectivity index (χ1v) is 4.82. The average Bonchev–Trinajstić information content (AvgIpc) is 2.05. The molecule has 0 radical (unpaired) electrons. The average molecular weight is 191 g/mol. The summed E-state index contributed by atoms with van der Waals surface area (Å²) in [6.07, 6.45) is 2.69. The summed E-state index contributed by atoms with van der Waals surface area (Å²) >= 11 is 3.65. The third-order valence-corrected chi connectivity index (χ3v) is 1.61. The first-order chi connectivity index (χ1) is 5.59. The Morgan fingerprint density at radius 3 is 2.00 bits per heavy atom. The molecule has 0 saturated carbocycles. The number of carboxylic acid groups (broad SMARTS) is 1. The topological polar surface area (TPSA) is 63.3 Å². The highest BCUT2D eigenvalue weighted by Crippen LogP contribution is 1.80. The van der Waals surface area contributed by atoms with E-state index in [1.54, 1.807) is 0 Å². The van der Waals surface area contributed by atoms with Crippen molar-refractivity contribution in [1.29, 1.82) is 0 Å². The maximum absolute atomic E-state index is 9.76. The summed E-state index contributed by atoms with van der Waals surface area (Å²) in [5.74, 6) is -0.815. The third-order valence-electron chi connectivity index (χ3n) is 1.22. The monoisotopic (exact) mass is 191 g/mol. The van der Waals surface area contributed by atoms with Gasteiger partial charge in [-0.05, 0) is 0 Å². The van der Waals surface area contributed by atoms with Crippen LogP contribution in [0.15, 0.2) is 0 Å². The number of thiol groups is 1. The van der Waals surface area contributed by atoms with E-state index in [-0.39, 0.29) is 5.75 Å². The van der Waals surface area contributed by atoms with Gasteiger partial charge in [-0.25, -0.2) is 0 Å². The molecule has 0 rings (SSSR count). The third kappa shape index (κ3) is 12.5. The van der Waals surface area contributed by atoms with Crippen molar-refractivity contribution in [2.24, 2.45) is 5.73 Å². The van der Waals surface area contributed by atoms with Gasteiger partial charge in [0.1, 0.15) is 13.3 Å². The zero-order chi connectivity index (χ0) is 9.98. The Bertz CT molecular complexity index is 112. The van der Waals surface area contributed by atoms with Crippen molar-refractivity contribution in [3.8, 4) is 0 Å². The lowest BCUT2D eigenvalue weighted by Gasteiger charge is -1.96. The van der Waals surface area contributed by atoms with Crippen molar-refractivity contribution in [1.82, 2.24) is 0 Å². The van der Waals surface area contributed by atoms with E-state index in [1.165, 1.54) is 19.9 Å². The van der Waals surface area contributed by atoms with Gasteiger partial charge in [-0.15, -0.1) is 0 Å². The zero-order valence-electron chi connectivity index (χ0n) is 7.79. The first-order valence-electron chi connectivity index (χ1n) is 4.19. The highest BCUT2D eigenvalue weighted by Gasteiger charge is 2.06. The van der Waals surface area contributed by atoms with E-state index in [0.717, 1.165) is 0 Å². The fourth-order valence-electron chi connectivity index (χ4n) is 0.432. The second-order valence-corrected chi connectivity index (χ2v) is 2.85. The number of aliphatic carboxylic acids is 1. The van der Waals surface area contributed by atoms with Crippen molar-refractivity contribution >= 4 is 25.9 Å². The molecule has 1 atom stereocenters. The number of carbonyl (C=O) groups is 1. The van der Waals surface area contributed by atoms with Gasteiger partial charge < -0.3 is 10.8 Å². The molecule has 5 heteroatoms. The number of carboxylic acids is 1. The number of rotatable bonds is 4. The molecule has 0 unspecified atom stereocenters. The molecule has 0 aromatic carbocycles. The van der Waals surface area contributed by atoms with Crippen LogP contribution in [-0.4, -0.2) is 30.2 Å². The fourth-order valence-corrected chi connectivity index (χ4v) is 0.588. The van der Waals surface area contributed by atoms with Crippen LogP contribution < -0.4 is 5.73 Å². The molecule has 0 bridgehead atoms. The summed E-state index contributed by atoms with van der Waals surface area (Å²) in [5, 5.41) is 8.01. The van der Waals surface area contributed by atoms with Gasteiger partial charge in [0.15, 0.2) is 0 Å². The molecule has 0 aliphatic heterocycles. The number of hydrogen-bond donors (Lipinski definition) is 3. The Morgan fingerprint density at radius 2 is 2.00 bits per heavy atom. The van der Waals surface area contributed by atoms with Crippen molar-refractivity contribution in [2.45, 2.75) is 32.5 Å². The maximum atomic E-state index is 9.76. The minimum atomic E-state index is -1.00. The van der Waals surface area contributed by atoms with Gasteiger partial charge >= 0.3 is 5.97 Å². The van der Waals surface area contributed by atoms with Crippen LogP contribution in [0.25, 0.3) is 0 Å². The summed E-state index contributed by atoms with van der Waals surface area (Å²) in [4.78, 5) is 9.76. The van der Waals surface area contributed by atoms with Gasteiger partial charge in [0.2, 0.25) is 0 Å². The molecular formula is C7H18BNO2S. The molecule has 0 aliphatic rings. The summed E-state index contributed by atoms with van der Waals surface area (Å²) in [7, 11) is 1.39. The molecule has 0 aromatic rings.